The molecule has 0 amide bonds. The lowest BCUT2D eigenvalue weighted by Gasteiger charge is -2.11. The Bertz CT molecular complexity index is 436. The summed E-state index contributed by atoms with van der Waals surface area (Å²) in [6, 6.07) is 8.11. The normalized spacial score (nSPS) is 11.3. The average Bonchev–Trinajstić information content (AvgIpc) is 2.55. The molecule has 0 unspecified atom stereocenters. The van der Waals surface area contributed by atoms with E-state index in [1.54, 1.807) is 7.11 Å². The van der Waals surface area contributed by atoms with E-state index in [9.17, 15) is 0 Å². The van der Waals surface area contributed by atoms with Crippen LogP contribution in [-0.4, -0.2) is 39.4 Å². The number of rotatable bonds is 10. The van der Waals surface area contributed by atoms with Gasteiger partial charge in [-0.2, -0.15) is 0 Å². The molecule has 1 aromatic carbocycles. The maximum absolute atomic E-state index is 5.65. The van der Waals surface area contributed by atoms with Gasteiger partial charge in [-0.05, 0) is 37.5 Å². The average molecular weight is 307 g/mol. The molecule has 0 aliphatic heterocycles. The van der Waals surface area contributed by atoms with Gasteiger partial charge in [0.2, 0.25) is 0 Å². The van der Waals surface area contributed by atoms with Crippen LogP contribution < -0.4 is 15.4 Å². The van der Waals surface area contributed by atoms with Gasteiger partial charge < -0.3 is 20.1 Å². The first-order chi connectivity index (χ1) is 10.8. The molecule has 0 aliphatic carbocycles. The third-order valence-corrected chi connectivity index (χ3v) is 2.95. The molecule has 0 radical (unpaired) electrons. The lowest BCUT2D eigenvalue weighted by molar-refractivity contribution is 0.195. The Morgan fingerprint density at radius 1 is 1.18 bits per heavy atom. The third-order valence-electron chi connectivity index (χ3n) is 2.95. The van der Waals surface area contributed by atoms with Crippen molar-refractivity contribution in [1.82, 2.24) is 10.6 Å². The van der Waals surface area contributed by atoms with Crippen molar-refractivity contribution in [3.63, 3.8) is 0 Å². The zero-order valence-electron chi connectivity index (χ0n) is 14.0. The molecule has 0 saturated heterocycles. The van der Waals surface area contributed by atoms with Crippen molar-refractivity contribution in [2.45, 2.75) is 33.2 Å². The standard InChI is InChI=1S/C17H29N3O2/c1-4-11-22-16-9-6-8-15(13-16)14-20-17(18-5-2)19-10-7-12-21-3/h6,8-9,13H,4-5,7,10-12,14H2,1-3H3,(H2,18,19,20). The first-order valence-corrected chi connectivity index (χ1v) is 8.03. The Balaban J connectivity index is 2.53. The fraction of sp³-hybridized carbons (Fsp3) is 0.588. The Kier molecular flexibility index (Phi) is 9.87. The summed E-state index contributed by atoms with van der Waals surface area (Å²) in [4.78, 5) is 4.60. The summed E-state index contributed by atoms with van der Waals surface area (Å²) in [5.74, 6) is 1.74. The van der Waals surface area contributed by atoms with Gasteiger partial charge in [0.15, 0.2) is 5.96 Å². The van der Waals surface area contributed by atoms with E-state index >= 15 is 0 Å². The van der Waals surface area contributed by atoms with Crippen LogP contribution in [0.1, 0.15) is 32.3 Å². The van der Waals surface area contributed by atoms with Crippen molar-refractivity contribution in [3.8, 4) is 5.75 Å². The molecular formula is C17H29N3O2. The number of guanidine groups is 1. The fourth-order valence-electron chi connectivity index (χ4n) is 1.89. The summed E-state index contributed by atoms with van der Waals surface area (Å²) in [5.41, 5.74) is 1.14. The quantitative estimate of drug-likeness (QED) is 0.396. The van der Waals surface area contributed by atoms with Crippen molar-refractivity contribution in [2.75, 3.05) is 33.4 Å². The molecule has 0 heterocycles. The summed E-state index contributed by atoms with van der Waals surface area (Å²) < 4.78 is 10.7. The predicted molar refractivity (Wildman–Crippen MR) is 91.5 cm³/mol. The highest BCUT2D eigenvalue weighted by Gasteiger charge is 1.99. The summed E-state index contributed by atoms with van der Waals surface area (Å²) in [6.07, 6.45) is 1.97. The molecule has 2 N–H and O–H groups in total. The molecule has 0 aromatic heterocycles. The number of aliphatic imine (C=N–C) groups is 1. The zero-order valence-corrected chi connectivity index (χ0v) is 14.0. The van der Waals surface area contributed by atoms with Gasteiger partial charge in [-0.1, -0.05) is 19.1 Å². The van der Waals surface area contributed by atoms with Gasteiger partial charge in [0.25, 0.3) is 0 Å². The van der Waals surface area contributed by atoms with E-state index in [0.29, 0.717) is 6.54 Å². The molecule has 0 fully saturated rings. The molecule has 0 spiro atoms. The number of ether oxygens (including phenoxy) is 2. The van der Waals surface area contributed by atoms with E-state index in [0.717, 1.165) is 56.4 Å². The molecule has 22 heavy (non-hydrogen) atoms. The van der Waals surface area contributed by atoms with Gasteiger partial charge >= 0.3 is 0 Å². The Morgan fingerprint density at radius 2 is 2.05 bits per heavy atom. The minimum Gasteiger partial charge on any atom is -0.494 e. The monoisotopic (exact) mass is 307 g/mol. The maximum Gasteiger partial charge on any atom is 0.191 e. The number of hydrogen-bond acceptors (Lipinski definition) is 3. The molecule has 0 bridgehead atoms. The predicted octanol–water partition coefficient (Wildman–Crippen LogP) is 2.57. The van der Waals surface area contributed by atoms with Crippen molar-refractivity contribution < 1.29 is 9.47 Å². The van der Waals surface area contributed by atoms with Crippen LogP contribution in [0.5, 0.6) is 5.75 Å². The van der Waals surface area contributed by atoms with Gasteiger partial charge in [-0.3, -0.25) is 0 Å². The number of methoxy groups -OCH3 is 1. The minimum atomic E-state index is 0.628. The van der Waals surface area contributed by atoms with Crippen LogP contribution >= 0.6 is 0 Å². The number of nitrogens with zero attached hydrogens (tertiary/aromatic N) is 1. The lowest BCUT2D eigenvalue weighted by atomic mass is 10.2. The molecule has 1 rings (SSSR count). The highest BCUT2D eigenvalue weighted by atomic mass is 16.5. The number of nitrogens with one attached hydrogen (secondary N) is 2. The van der Waals surface area contributed by atoms with E-state index in [-0.39, 0.29) is 0 Å². The van der Waals surface area contributed by atoms with Crippen LogP contribution in [0.4, 0.5) is 0 Å². The van der Waals surface area contributed by atoms with Gasteiger partial charge in [-0.15, -0.1) is 0 Å². The van der Waals surface area contributed by atoms with Gasteiger partial charge in [0, 0.05) is 26.8 Å². The fourth-order valence-corrected chi connectivity index (χ4v) is 1.89. The van der Waals surface area contributed by atoms with Crippen LogP contribution in [0.3, 0.4) is 0 Å². The van der Waals surface area contributed by atoms with E-state index in [4.69, 9.17) is 9.47 Å². The summed E-state index contributed by atoms with van der Waals surface area (Å²) in [6.45, 7) is 7.98. The second-order valence-corrected chi connectivity index (χ2v) is 4.96. The maximum atomic E-state index is 5.65. The number of hydrogen-bond donors (Lipinski definition) is 2. The van der Waals surface area contributed by atoms with E-state index < -0.39 is 0 Å². The molecule has 5 nitrogen and oxygen atoms in total. The molecule has 0 atom stereocenters. The van der Waals surface area contributed by atoms with E-state index in [1.807, 2.05) is 18.2 Å². The Morgan fingerprint density at radius 3 is 2.77 bits per heavy atom. The van der Waals surface area contributed by atoms with Crippen LogP contribution in [0.2, 0.25) is 0 Å². The minimum absolute atomic E-state index is 0.628. The van der Waals surface area contributed by atoms with Crippen LogP contribution in [0, 0.1) is 0 Å². The topological polar surface area (TPSA) is 54.9 Å². The molecule has 0 aliphatic rings. The van der Waals surface area contributed by atoms with Crippen molar-refractivity contribution in [3.05, 3.63) is 29.8 Å². The molecule has 124 valence electrons. The second kappa shape index (κ2) is 11.9. The van der Waals surface area contributed by atoms with Gasteiger partial charge in [0.1, 0.15) is 5.75 Å². The van der Waals surface area contributed by atoms with Crippen molar-refractivity contribution in [1.29, 1.82) is 0 Å². The molecule has 5 heteroatoms. The number of benzene rings is 1. The Hall–Kier alpha value is -1.75. The lowest BCUT2D eigenvalue weighted by Crippen LogP contribution is -2.38. The smallest absolute Gasteiger partial charge is 0.191 e. The van der Waals surface area contributed by atoms with Crippen molar-refractivity contribution >= 4 is 5.96 Å². The summed E-state index contributed by atoms with van der Waals surface area (Å²) >= 11 is 0. The van der Waals surface area contributed by atoms with Gasteiger partial charge in [0.05, 0.1) is 13.2 Å². The summed E-state index contributed by atoms with van der Waals surface area (Å²) in [5, 5.41) is 6.55. The first kappa shape index (κ1) is 18.3. The summed E-state index contributed by atoms with van der Waals surface area (Å²) in [7, 11) is 1.72. The van der Waals surface area contributed by atoms with Gasteiger partial charge in [-0.25, -0.2) is 4.99 Å². The largest absolute Gasteiger partial charge is 0.494 e. The first-order valence-electron chi connectivity index (χ1n) is 8.03. The molecular weight excluding hydrogens is 278 g/mol. The highest BCUT2D eigenvalue weighted by molar-refractivity contribution is 5.79. The zero-order chi connectivity index (χ0) is 16.0. The third kappa shape index (κ3) is 7.88. The van der Waals surface area contributed by atoms with Crippen LogP contribution in [0.15, 0.2) is 29.3 Å². The van der Waals surface area contributed by atoms with Crippen LogP contribution in [-0.2, 0) is 11.3 Å². The molecule has 1 aromatic rings. The van der Waals surface area contributed by atoms with Crippen molar-refractivity contribution in [2.24, 2.45) is 4.99 Å². The van der Waals surface area contributed by atoms with E-state index in [1.165, 1.54) is 0 Å². The second-order valence-electron chi connectivity index (χ2n) is 4.96. The SMILES string of the molecule is CCCOc1cccc(CN=C(NCC)NCCCOC)c1. The Labute approximate surface area is 134 Å². The molecule has 0 saturated carbocycles. The van der Waals surface area contributed by atoms with Crippen LogP contribution in [0.25, 0.3) is 0 Å². The van der Waals surface area contributed by atoms with E-state index in [2.05, 4.69) is 35.5 Å². The highest BCUT2D eigenvalue weighted by Crippen LogP contribution is 2.14.